The summed E-state index contributed by atoms with van der Waals surface area (Å²) >= 11 is 0. The average Bonchev–Trinajstić information content (AvgIpc) is 3.47. The summed E-state index contributed by atoms with van der Waals surface area (Å²) in [6, 6.07) is 8.91. The summed E-state index contributed by atoms with van der Waals surface area (Å²) in [7, 11) is -2.50. The lowest BCUT2D eigenvalue weighted by molar-refractivity contribution is -0.153. The second kappa shape index (κ2) is 8.73. The van der Waals surface area contributed by atoms with Crippen molar-refractivity contribution in [3.8, 4) is 11.1 Å². The van der Waals surface area contributed by atoms with Crippen molar-refractivity contribution in [3.05, 3.63) is 59.7 Å². The fourth-order valence-electron chi connectivity index (χ4n) is 4.75. The second-order valence-electron chi connectivity index (χ2n) is 8.88. The number of amides is 1. The highest BCUT2D eigenvalue weighted by atomic mass is 32.2. The zero-order valence-electron chi connectivity index (χ0n) is 18.2. The van der Waals surface area contributed by atoms with Crippen LogP contribution in [0.1, 0.15) is 18.4 Å². The number of nitrogens with one attached hydrogen (secondary N) is 1. The molecule has 10 heteroatoms. The molecular weight excluding hydrogens is 457 g/mol. The largest absolute Gasteiger partial charge is 0.344 e. The second-order valence-corrected chi connectivity index (χ2v) is 10.7. The predicted octanol–water partition coefficient (Wildman–Crippen LogP) is 3.03. The number of nitrogens with zero attached hydrogens (tertiary/aromatic N) is 1. The molecule has 3 atom stereocenters. The third-order valence-corrected chi connectivity index (χ3v) is 7.10. The highest BCUT2D eigenvalue weighted by Crippen LogP contribution is 2.55. The van der Waals surface area contributed by atoms with Gasteiger partial charge in [-0.15, -0.1) is 0 Å². The van der Waals surface area contributed by atoms with E-state index in [4.69, 9.17) is 0 Å². The average molecular weight is 483 g/mol. The molecular formula is C23H25F3N2O4S. The van der Waals surface area contributed by atoms with Gasteiger partial charge in [0.1, 0.15) is 11.6 Å². The quantitative estimate of drug-likeness (QED) is 0.659. The number of carbonyl (C=O) groups is 1. The lowest BCUT2D eigenvalue weighted by atomic mass is 9.91. The van der Waals surface area contributed by atoms with E-state index in [2.05, 4.69) is 9.46 Å². The Labute approximate surface area is 190 Å². The summed E-state index contributed by atoms with van der Waals surface area (Å²) in [5.74, 6) is -2.26. The van der Waals surface area contributed by atoms with Gasteiger partial charge in [0.05, 0.1) is 12.3 Å². The van der Waals surface area contributed by atoms with Gasteiger partial charge in [0.15, 0.2) is 0 Å². The van der Waals surface area contributed by atoms with Gasteiger partial charge in [0.2, 0.25) is 10.0 Å². The fourth-order valence-corrected chi connectivity index (χ4v) is 5.62. The number of alkyl halides is 1. The maximum Gasteiger partial charge on any atom is 0.285 e. The summed E-state index contributed by atoms with van der Waals surface area (Å²) in [5.41, 5.74) is 1.18. The minimum atomic E-state index is -3.60. The molecule has 2 aromatic rings. The molecule has 1 saturated carbocycles. The molecule has 1 aliphatic heterocycles. The topological polar surface area (TPSA) is 75.7 Å². The van der Waals surface area contributed by atoms with E-state index in [1.54, 1.807) is 24.3 Å². The number of methoxy groups -OCH3 is 1. The molecule has 4 rings (SSSR count). The molecule has 1 aliphatic carbocycles. The van der Waals surface area contributed by atoms with Gasteiger partial charge in [0.25, 0.3) is 12.3 Å². The number of ether oxygens (including phenoxy) is 1. The molecule has 2 aliphatic rings. The molecule has 1 amide bonds. The van der Waals surface area contributed by atoms with Crippen molar-refractivity contribution in [3.63, 3.8) is 0 Å². The molecule has 2 aromatic carbocycles. The van der Waals surface area contributed by atoms with Gasteiger partial charge in [-0.05, 0) is 48.1 Å². The Hall–Kier alpha value is -2.43. The lowest BCUT2D eigenvalue weighted by Crippen LogP contribution is -2.50. The summed E-state index contributed by atoms with van der Waals surface area (Å²) in [4.78, 5) is 14.1. The SMILES string of the molecule is COC(F)C(=O)N1CC2(CC2)C(NS(C)(=O)=O)C1Cc1cccc(-c2cc(F)cc(F)c2)c1. The standard InChI is InChI=1S/C23H25F3N2O4S/c1-32-21(26)22(29)28-13-23(6-7-23)20(27-33(2,30)31)19(28)9-14-4-3-5-15(8-14)16-10-17(24)12-18(25)11-16/h3-5,8,10-12,19-21,27H,6-7,9,13H2,1-2H3. The van der Waals surface area contributed by atoms with Crippen LogP contribution < -0.4 is 4.72 Å². The number of sulfonamides is 1. The number of likely N-dealkylation sites (tertiary alicyclic amines) is 1. The van der Waals surface area contributed by atoms with Gasteiger partial charge < -0.3 is 9.64 Å². The lowest BCUT2D eigenvalue weighted by Gasteiger charge is -2.29. The highest BCUT2D eigenvalue weighted by molar-refractivity contribution is 7.88. The van der Waals surface area contributed by atoms with Gasteiger partial charge in [-0.3, -0.25) is 4.79 Å². The Morgan fingerprint density at radius 1 is 1.18 bits per heavy atom. The first-order valence-corrected chi connectivity index (χ1v) is 12.4. The number of hydrogen-bond acceptors (Lipinski definition) is 4. The first-order valence-electron chi connectivity index (χ1n) is 10.5. The van der Waals surface area contributed by atoms with Crippen LogP contribution in [0.4, 0.5) is 13.2 Å². The predicted molar refractivity (Wildman–Crippen MR) is 116 cm³/mol. The maximum atomic E-state index is 14.2. The van der Waals surface area contributed by atoms with E-state index in [1.165, 1.54) is 17.0 Å². The van der Waals surface area contributed by atoms with Gasteiger partial charge in [-0.2, -0.15) is 0 Å². The van der Waals surface area contributed by atoms with E-state index in [1.807, 2.05) is 0 Å². The van der Waals surface area contributed by atoms with E-state index >= 15 is 0 Å². The van der Waals surface area contributed by atoms with Crippen molar-refractivity contribution in [2.75, 3.05) is 19.9 Å². The van der Waals surface area contributed by atoms with Crippen LogP contribution in [0.15, 0.2) is 42.5 Å². The van der Waals surface area contributed by atoms with Crippen LogP contribution >= 0.6 is 0 Å². The van der Waals surface area contributed by atoms with Crippen molar-refractivity contribution in [1.29, 1.82) is 0 Å². The molecule has 1 N–H and O–H groups in total. The molecule has 2 fully saturated rings. The van der Waals surface area contributed by atoms with Crippen molar-refractivity contribution in [2.24, 2.45) is 5.41 Å². The molecule has 1 spiro atoms. The Morgan fingerprint density at radius 3 is 2.42 bits per heavy atom. The monoisotopic (exact) mass is 482 g/mol. The molecule has 178 valence electrons. The molecule has 33 heavy (non-hydrogen) atoms. The Morgan fingerprint density at radius 2 is 1.85 bits per heavy atom. The van der Waals surface area contributed by atoms with E-state index in [9.17, 15) is 26.4 Å². The van der Waals surface area contributed by atoms with Crippen LogP contribution in [0.3, 0.4) is 0 Å². The van der Waals surface area contributed by atoms with Crippen LogP contribution in [0.5, 0.6) is 0 Å². The smallest absolute Gasteiger partial charge is 0.285 e. The summed E-state index contributed by atoms with van der Waals surface area (Å²) < 4.78 is 73.0. The Bertz CT molecular complexity index is 1150. The summed E-state index contributed by atoms with van der Waals surface area (Å²) in [6.45, 7) is 0.224. The van der Waals surface area contributed by atoms with Crippen LogP contribution in [0.25, 0.3) is 11.1 Å². The Kier molecular flexibility index (Phi) is 6.28. The highest BCUT2D eigenvalue weighted by Gasteiger charge is 2.61. The molecule has 0 aromatic heterocycles. The molecule has 6 nitrogen and oxygen atoms in total. The number of benzene rings is 2. The zero-order chi connectivity index (χ0) is 24.0. The van der Waals surface area contributed by atoms with Crippen LogP contribution in [-0.4, -0.2) is 57.6 Å². The van der Waals surface area contributed by atoms with E-state index in [0.717, 1.165) is 19.4 Å². The summed E-state index contributed by atoms with van der Waals surface area (Å²) in [6.07, 6.45) is 0.557. The van der Waals surface area contributed by atoms with Crippen LogP contribution in [-0.2, 0) is 26.0 Å². The molecule has 0 bridgehead atoms. The van der Waals surface area contributed by atoms with Crippen molar-refractivity contribution < 1.29 is 31.1 Å². The molecule has 3 unspecified atom stereocenters. The normalized spacial score (nSPS) is 22.5. The van der Waals surface area contributed by atoms with E-state index in [0.29, 0.717) is 29.5 Å². The third kappa shape index (κ3) is 5.07. The van der Waals surface area contributed by atoms with Gasteiger partial charge >= 0.3 is 0 Å². The number of halogens is 3. The molecule has 1 heterocycles. The number of carbonyl (C=O) groups excluding carboxylic acids is 1. The Balaban J connectivity index is 1.68. The maximum absolute atomic E-state index is 14.2. The van der Waals surface area contributed by atoms with E-state index in [-0.39, 0.29) is 13.0 Å². The van der Waals surface area contributed by atoms with Gasteiger partial charge in [0, 0.05) is 31.2 Å². The van der Waals surface area contributed by atoms with Crippen molar-refractivity contribution in [2.45, 2.75) is 37.7 Å². The fraction of sp³-hybridized carbons (Fsp3) is 0.435. The minimum absolute atomic E-state index is 0.224. The number of rotatable bonds is 7. The van der Waals surface area contributed by atoms with Gasteiger partial charge in [-0.1, -0.05) is 24.3 Å². The molecule has 0 radical (unpaired) electrons. The van der Waals surface area contributed by atoms with E-state index < -0.39 is 51.4 Å². The number of hydrogen-bond donors (Lipinski definition) is 1. The van der Waals surface area contributed by atoms with Gasteiger partial charge in [-0.25, -0.2) is 26.3 Å². The van der Waals surface area contributed by atoms with Crippen LogP contribution in [0.2, 0.25) is 0 Å². The zero-order valence-corrected chi connectivity index (χ0v) is 19.0. The van der Waals surface area contributed by atoms with Crippen molar-refractivity contribution in [1.82, 2.24) is 9.62 Å². The summed E-state index contributed by atoms with van der Waals surface area (Å²) in [5, 5.41) is 0. The van der Waals surface area contributed by atoms with Crippen molar-refractivity contribution >= 4 is 15.9 Å². The van der Waals surface area contributed by atoms with Crippen LogP contribution in [0, 0.1) is 17.0 Å². The first kappa shape index (κ1) is 23.7. The minimum Gasteiger partial charge on any atom is -0.344 e. The first-order chi connectivity index (χ1) is 15.5. The third-order valence-electron chi connectivity index (χ3n) is 6.42. The molecule has 1 saturated heterocycles.